The maximum absolute atomic E-state index is 13.2. The summed E-state index contributed by atoms with van der Waals surface area (Å²) in [6.07, 6.45) is -1.44. The van der Waals surface area contributed by atoms with Gasteiger partial charge in [0.15, 0.2) is 0 Å². The molecule has 0 spiro atoms. The number of nitrogens with two attached hydrogens (primary N) is 1. The molecule has 1 heterocycles. The van der Waals surface area contributed by atoms with E-state index in [9.17, 15) is 24.5 Å². The summed E-state index contributed by atoms with van der Waals surface area (Å²) in [4.78, 5) is 48.7. The fraction of sp³-hybridized carbons (Fsp3) is 0.320. The monoisotopic (exact) mass is 496 g/mol. The highest BCUT2D eigenvalue weighted by Gasteiger charge is 2.30. The second-order valence-corrected chi connectivity index (χ2v) is 10.1. The van der Waals surface area contributed by atoms with Crippen LogP contribution in [0.3, 0.4) is 0 Å². The Bertz CT molecular complexity index is 1360. The molecule has 36 heavy (non-hydrogen) atoms. The number of nitrogens with zero attached hydrogens (tertiary/aromatic N) is 2. The maximum Gasteiger partial charge on any atom is 0.419 e. The number of carbonyl (C=O) groups excluding carboxylic acids is 3. The molecule has 2 aromatic carbocycles. The van der Waals surface area contributed by atoms with Gasteiger partial charge in [0, 0.05) is 23.2 Å². The summed E-state index contributed by atoms with van der Waals surface area (Å²) in [5.74, 6) is -0.881. The molecular formula is C25H28N4O7. The minimum atomic E-state index is -0.881. The summed E-state index contributed by atoms with van der Waals surface area (Å²) < 4.78 is 12.0. The van der Waals surface area contributed by atoms with Crippen LogP contribution in [0.5, 0.6) is 0 Å². The van der Waals surface area contributed by atoms with Gasteiger partial charge in [0.05, 0.1) is 21.7 Å². The van der Waals surface area contributed by atoms with E-state index in [2.05, 4.69) is 5.32 Å². The third kappa shape index (κ3) is 5.80. The average Bonchev–Trinajstić information content (AvgIpc) is 3.06. The number of hydrogen-bond acceptors (Lipinski definition) is 7. The van der Waals surface area contributed by atoms with Crippen LogP contribution in [0.25, 0.3) is 22.2 Å². The molecule has 3 rings (SSSR count). The first-order valence-corrected chi connectivity index (χ1v) is 11.0. The zero-order valence-corrected chi connectivity index (χ0v) is 20.9. The van der Waals surface area contributed by atoms with Crippen LogP contribution >= 0.6 is 0 Å². The van der Waals surface area contributed by atoms with Crippen molar-refractivity contribution in [1.82, 2.24) is 4.57 Å². The topological polar surface area (TPSA) is 156 Å². The third-order valence-corrected chi connectivity index (χ3v) is 4.79. The quantitative estimate of drug-likeness (QED) is 0.359. The molecule has 3 N–H and O–H groups in total. The normalized spacial score (nSPS) is 11.7. The Hall–Kier alpha value is -4.41. The van der Waals surface area contributed by atoms with Crippen molar-refractivity contribution in [2.24, 2.45) is 5.73 Å². The fourth-order valence-corrected chi connectivity index (χ4v) is 3.55. The Labute approximate surface area is 207 Å². The Morgan fingerprint density at radius 1 is 0.944 bits per heavy atom. The summed E-state index contributed by atoms with van der Waals surface area (Å²) in [6, 6.07) is 10.0. The molecule has 0 unspecified atom stereocenters. The molecule has 0 fully saturated rings. The van der Waals surface area contributed by atoms with Gasteiger partial charge in [0.25, 0.3) is 11.6 Å². The summed E-state index contributed by atoms with van der Waals surface area (Å²) in [5, 5.41) is 14.1. The summed E-state index contributed by atoms with van der Waals surface area (Å²) in [6.45, 7) is 10.3. The minimum Gasteiger partial charge on any atom is -0.444 e. The van der Waals surface area contributed by atoms with Gasteiger partial charge in [-0.25, -0.2) is 14.2 Å². The van der Waals surface area contributed by atoms with Gasteiger partial charge in [0.1, 0.15) is 11.2 Å². The van der Waals surface area contributed by atoms with E-state index in [4.69, 9.17) is 15.2 Å². The van der Waals surface area contributed by atoms with E-state index < -0.39 is 34.2 Å². The Balaban J connectivity index is 2.20. The minimum absolute atomic E-state index is 0.0765. The van der Waals surface area contributed by atoms with Gasteiger partial charge in [-0.3, -0.25) is 20.2 Å². The number of nitro benzene ring substituents is 1. The number of non-ortho nitro benzene ring substituents is 1. The summed E-state index contributed by atoms with van der Waals surface area (Å²) >= 11 is 0. The lowest BCUT2D eigenvalue weighted by atomic mass is 10.0. The van der Waals surface area contributed by atoms with Crippen molar-refractivity contribution in [1.29, 1.82) is 0 Å². The molecule has 0 atom stereocenters. The van der Waals surface area contributed by atoms with Crippen molar-refractivity contribution in [3.63, 3.8) is 0 Å². The molecule has 0 bridgehead atoms. The molecule has 0 aliphatic carbocycles. The Morgan fingerprint density at radius 3 is 2.03 bits per heavy atom. The molecule has 0 radical (unpaired) electrons. The first-order valence-electron chi connectivity index (χ1n) is 11.0. The highest BCUT2D eigenvalue weighted by molar-refractivity contribution is 6.15. The van der Waals surface area contributed by atoms with Crippen molar-refractivity contribution in [2.45, 2.75) is 52.7 Å². The van der Waals surface area contributed by atoms with Crippen LogP contribution in [0.4, 0.5) is 21.0 Å². The van der Waals surface area contributed by atoms with Crippen LogP contribution in [0, 0.1) is 10.1 Å². The zero-order chi connectivity index (χ0) is 27.0. The van der Waals surface area contributed by atoms with Crippen LogP contribution in [0.2, 0.25) is 0 Å². The number of benzene rings is 2. The van der Waals surface area contributed by atoms with E-state index in [1.165, 1.54) is 22.8 Å². The van der Waals surface area contributed by atoms with E-state index in [0.717, 1.165) is 0 Å². The highest BCUT2D eigenvalue weighted by Crippen LogP contribution is 2.36. The molecule has 0 aliphatic heterocycles. The average molecular weight is 497 g/mol. The maximum atomic E-state index is 13.2. The first kappa shape index (κ1) is 26.2. The van der Waals surface area contributed by atoms with Gasteiger partial charge < -0.3 is 15.2 Å². The molecule has 11 heteroatoms. The molecule has 0 saturated heterocycles. The number of nitrogens with one attached hydrogen (secondary N) is 1. The number of amides is 2. The van der Waals surface area contributed by atoms with E-state index in [1.807, 2.05) is 0 Å². The smallest absolute Gasteiger partial charge is 0.419 e. The van der Waals surface area contributed by atoms with Crippen LogP contribution in [-0.4, -0.2) is 38.8 Å². The Morgan fingerprint density at radius 2 is 1.53 bits per heavy atom. The lowest BCUT2D eigenvalue weighted by Crippen LogP contribution is -2.27. The molecule has 0 aliphatic rings. The molecule has 11 nitrogen and oxygen atoms in total. The predicted molar refractivity (Wildman–Crippen MR) is 134 cm³/mol. The number of hydrogen-bond donors (Lipinski definition) is 2. The first-order chi connectivity index (χ1) is 16.6. The molecule has 190 valence electrons. The zero-order valence-electron chi connectivity index (χ0n) is 20.9. The summed E-state index contributed by atoms with van der Waals surface area (Å²) in [7, 11) is 0. The number of fused-ring (bicyclic) bond motifs is 1. The SMILES string of the molecule is CC(C)(C)OC(=O)Nc1ccc(-c2c(C(N)=O)c3cc([N+](=O)[O-])ccc3n2C(=O)OC(C)(C)C)cc1. The number of anilines is 1. The van der Waals surface area contributed by atoms with Gasteiger partial charge in [-0.2, -0.15) is 0 Å². The molecule has 2 amide bonds. The van der Waals surface area contributed by atoms with Crippen molar-refractivity contribution in [3.8, 4) is 11.3 Å². The molecule has 1 aromatic heterocycles. The van der Waals surface area contributed by atoms with E-state index in [0.29, 0.717) is 11.3 Å². The second-order valence-electron chi connectivity index (χ2n) is 10.1. The van der Waals surface area contributed by atoms with E-state index in [-0.39, 0.29) is 27.8 Å². The van der Waals surface area contributed by atoms with Gasteiger partial charge in [-0.05, 0) is 65.3 Å². The van der Waals surface area contributed by atoms with Gasteiger partial charge in [-0.1, -0.05) is 12.1 Å². The third-order valence-electron chi connectivity index (χ3n) is 4.79. The van der Waals surface area contributed by atoms with Crippen LogP contribution in [0.1, 0.15) is 51.9 Å². The standard InChI is InChI=1S/C25H28N4O7/c1-24(2,3)35-22(31)27-15-9-7-14(8-10-15)20-19(21(26)30)17-13-16(29(33)34)11-12-18(17)28(20)23(32)36-25(4,5)6/h7-13H,1-6H3,(H2,26,30)(H,27,31). The van der Waals surface area contributed by atoms with Crippen molar-refractivity contribution in [2.75, 3.05) is 5.32 Å². The van der Waals surface area contributed by atoms with Crippen LogP contribution in [-0.2, 0) is 9.47 Å². The van der Waals surface area contributed by atoms with Crippen LogP contribution < -0.4 is 11.1 Å². The van der Waals surface area contributed by atoms with E-state index in [1.54, 1.807) is 65.8 Å². The number of primary amides is 1. The van der Waals surface area contributed by atoms with Crippen molar-refractivity contribution < 1.29 is 28.8 Å². The molecule has 0 saturated carbocycles. The van der Waals surface area contributed by atoms with Gasteiger partial charge in [-0.15, -0.1) is 0 Å². The van der Waals surface area contributed by atoms with Crippen molar-refractivity contribution in [3.05, 3.63) is 58.1 Å². The predicted octanol–water partition coefficient (Wildman–Crippen LogP) is 5.45. The number of ether oxygens (including phenoxy) is 2. The van der Waals surface area contributed by atoms with Gasteiger partial charge >= 0.3 is 12.2 Å². The molecular weight excluding hydrogens is 468 g/mol. The number of carbonyl (C=O) groups is 3. The number of nitro groups is 1. The second kappa shape index (κ2) is 9.33. The molecule has 3 aromatic rings. The highest BCUT2D eigenvalue weighted by atomic mass is 16.6. The van der Waals surface area contributed by atoms with Crippen molar-refractivity contribution >= 4 is 40.4 Å². The Kier molecular flexibility index (Phi) is 6.79. The largest absolute Gasteiger partial charge is 0.444 e. The fourth-order valence-electron chi connectivity index (χ4n) is 3.55. The lowest BCUT2D eigenvalue weighted by molar-refractivity contribution is -0.384. The summed E-state index contributed by atoms with van der Waals surface area (Å²) in [5.41, 5.74) is 4.93. The lowest BCUT2D eigenvalue weighted by Gasteiger charge is -2.21. The van der Waals surface area contributed by atoms with E-state index >= 15 is 0 Å². The number of aromatic nitrogens is 1. The number of rotatable bonds is 4. The van der Waals surface area contributed by atoms with Crippen LogP contribution in [0.15, 0.2) is 42.5 Å². The van der Waals surface area contributed by atoms with Gasteiger partial charge in [0.2, 0.25) is 0 Å².